The number of carbonyl (C=O) groups is 1. The van der Waals surface area contributed by atoms with Crippen LogP contribution in [-0.4, -0.2) is 41.1 Å². The number of aromatic nitrogens is 3. The number of amides is 1. The monoisotopic (exact) mass is 363 g/mol. The molecule has 0 bridgehead atoms. The molecule has 1 fully saturated rings. The third-order valence-electron chi connectivity index (χ3n) is 4.83. The molecule has 1 aliphatic rings. The minimum atomic E-state index is -0.0961. The summed E-state index contributed by atoms with van der Waals surface area (Å²) in [6.07, 6.45) is 6.90. The Labute approximate surface area is 157 Å². The molecule has 0 radical (unpaired) electrons. The number of ether oxygens (including phenoxy) is 1. The maximum Gasteiger partial charge on any atom is 0.229 e. The Hall–Kier alpha value is -3.22. The van der Waals surface area contributed by atoms with Gasteiger partial charge in [-0.1, -0.05) is 12.1 Å². The number of fused-ring (bicyclic) bond motifs is 1. The molecule has 3 heterocycles. The standard InChI is InChI=1S/C20H21N5O2/c1-27-18-7-3-2-6-16(18)24-20(26)14-5-4-10-25(13-14)15-11-17-19(23-12-15)22-9-8-21-17/h2-3,6-9,11-12,14H,4-5,10,13H2,1H3,(H,24,26)/t14-/m0/s1. The molecule has 1 saturated heterocycles. The molecular weight excluding hydrogens is 342 g/mol. The van der Waals surface area contributed by atoms with E-state index in [1.165, 1.54) is 0 Å². The molecule has 3 aromatic rings. The average Bonchev–Trinajstić information content (AvgIpc) is 2.74. The van der Waals surface area contributed by atoms with Gasteiger partial charge in [0.15, 0.2) is 5.65 Å². The number of nitrogens with one attached hydrogen (secondary N) is 1. The smallest absolute Gasteiger partial charge is 0.229 e. The molecule has 1 N–H and O–H groups in total. The molecule has 0 aliphatic carbocycles. The fourth-order valence-corrected chi connectivity index (χ4v) is 3.43. The number of anilines is 2. The molecule has 7 heteroatoms. The third kappa shape index (κ3) is 3.67. The lowest BCUT2D eigenvalue weighted by Crippen LogP contribution is -2.40. The van der Waals surface area contributed by atoms with Crippen LogP contribution in [0.4, 0.5) is 11.4 Å². The van der Waals surface area contributed by atoms with Gasteiger partial charge in [0.1, 0.15) is 11.3 Å². The van der Waals surface area contributed by atoms with Crippen molar-refractivity contribution in [2.24, 2.45) is 5.92 Å². The summed E-state index contributed by atoms with van der Waals surface area (Å²) in [6.45, 7) is 1.54. The van der Waals surface area contributed by atoms with Gasteiger partial charge in [0, 0.05) is 25.5 Å². The number of nitrogens with zero attached hydrogens (tertiary/aromatic N) is 4. The van der Waals surface area contributed by atoms with Gasteiger partial charge in [-0.05, 0) is 31.0 Å². The summed E-state index contributed by atoms with van der Waals surface area (Å²) in [5.74, 6) is 0.578. The van der Waals surface area contributed by atoms with E-state index < -0.39 is 0 Å². The Morgan fingerprint density at radius 2 is 2.07 bits per heavy atom. The number of hydrogen-bond donors (Lipinski definition) is 1. The minimum absolute atomic E-state index is 0.0118. The lowest BCUT2D eigenvalue weighted by Gasteiger charge is -2.33. The molecule has 1 amide bonds. The van der Waals surface area contributed by atoms with Crippen LogP contribution in [0.5, 0.6) is 5.75 Å². The van der Waals surface area contributed by atoms with E-state index in [0.29, 0.717) is 23.6 Å². The summed E-state index contributed by atoms with van der Waals surface area (Å²) in [5.41, 5.74) is 3.06. The van der Waals surface area contributed by atoms with Crippen LogP contribution < -0.4 is 15.0 Å². The fraction of sp³-hybridized carbons (Fsp3) is 0.300. The molecule has 0 spiro atoms. The van der Waals surface area contributed by atoms with Crippen LogP contribution in [0, 0.1) is 5.92 Å². The van der Waals surface area contributed by atoms with Crippen LogP contribution in [0.25, 0.3) is 11.2 Å². The Balaban J connectivity index is 1.49. The summed E-state index contributed by atoms with van der Waals surface area (Å²) < 4.78 is 5.32. The molecule has 1 aromatic carbocycles. The highest BCUT2D eigenvalue weighted by Crippen LogP contribution is 2.27. The van der Waals surface area contributed by atoms with E-state index in [2.05, 4.69) is 25.2 Å². The first-order valence-electron chi connectivity index (χ1n) is 9.00. The number of rotatable bonds is 4. The normalized spacial score (nSPS) is 16.9. The quantitative estimate of drug-likeness (QED) is 0.768. The molecule has 1 aliphatic heterocycles. The van der Waals surface area contributed by atoms with Crippen molar-refractivity contribution in [1.29, 1.82) is 0 Å². The third-order valence-corrected chi connectivity index (χ3v) is 4.83. The number of carbonyl (C=O) groups excluding carboxylic acids is 1. The topological polar surface area (TPSA) is 80.2 Å². The second-order valence-corrected chi connectivity index (χ2v) is 6.57. The first-order chi connectivity index (χ1) is 13.2. The largest absolute Gasteiger partial charge is 0.495 e. The molecule has 4 rings (SSSR count). The van der Waals surface area contributed by atoms with E-state index in [4.69, 9.17) is 4.74 Å². The van der Waals surface area contributed by atoms with Gasteiger partial charge in [-0.2, -0.15) is 0 Å². The zero-order valence-electron chi connectivity index (χ0n) is 15.1. The van der Waals surface area contributed by atoms with Crippen LogP contribution in [0.3, 0.4) is 0 Å². The van der Waals surface area contributed by atoms with E-state index in [9.17, 15) is 4.79 Å². The lowest BCUT2D eigenvalue weighted by molar-refractivity contribution is -0.120. The molecule has 138 valence electrons. The molecule has 1 atom stereocenters. The molecule has 0 saturated carbocycles. The Morgan fingerprint density at radius 1 is 1.22 bits per heavy atom. The molecule has 2 aromatic heterocycles. The van der Waals surface area contributed by atoms with Crippen molar-refractivity contribution in [2.75, 3.05) is 30.4 Å². The van der Waals surface area contributed by atoms with Crippen molar-refractivity contribution in [3.8, 4) is 5.75 Å². The highest BCUT2D eigenvalue weighted by molar-refractivity contribution is 5.94. The summed E-state index contributed by atoms with van der Waals surface area (Å²) in [6, 6.07) is 9.43. The molecule has 27 heavy (non-hydrogen) atoms. The highest BCUT2D eigenvalue weighted by atomic mass is 16.5. The van der Waals surface area contributed by atoms with Crippen LogP contribution in [0.2, 0.25) is 0 Å². The predicted octanol–water partition coefficient (Wildman–Crippen LogP) is 2.89. The van der Waals surface area contributed by atoms with Crippen molar-refractivity contribution in [3.63, 3.8) is 0 Å². The summed E-state index contributed by atoms with van der Waals surface area (Å²) in [5, 5.41) is 3.00. The number of methoxy groups -OCH3 is 1. The maximum absolute atomic E-state index is 12.8. The SMILES string of the molecule is COc1ccccc1NC(=O)[C@H]1CCCN(c2cnc3nccnc3c2)C1. The highest BCUT2D eigenvalue weighted by Gasteiger charge is 2.27. The molecule has 7 nitrogen and oxygen atoms in total. The number of piperidine rings is 1. The first kappa shape index (κ1) is 17.2. The van der Waals surface area contributed by atoms with Crippen LogP contribution in [-0.2, 0) is 4.79 Å². The zero-order chi connectivity index (χ0) is 18.6. The number of pyridine rings is 1. The first-order valence-corrected chi connectivity index (χ1v) is 9.00. The average molecular weight is 363 g/mol. The molecular formula is C20H21N5O2. The van der Waals surface area contributed by atoms with E-state index in [0.717, 1.165) is 30.6 Å². The summed E-state index contributed by atoms with van der Waals surface area (Å²) in [7, 11) is 1.60. The summed E-state index contributed by atoms with van der Waals surface area (Å²) in [4.78, 5) is 27.9. The molecule has 0 unspecified atom stereocenters. The van der Waals surface area contributed by atoms with Crippen molar-refractivity contribution in [2.45, 2.75) is 12.8 Å². The van der Waals surface area contributed by atoms with Crippen LogP contribution >= 0.6 is 0 Å². The number of benzene rings is 1. The van der Waals surface area contributed by atoms with E-state index in [-0.39, 0.29) is 11.8 Å². The van der Waals surface area contributed by atoms with Crippen molar-refractivity contribution < 1.29 is 9.53 Å². The second-order valence-electron chi connectivity index (χ2n) is 6.57. The van der Waals surface area contributed by atoms with Gasteiger partial charge in [-0.3, -0.25) is 9.78 Å². The van der Waals surface area contributed by atoms with Crippen LogP contribution in [0.1, 0.15) is 12.8 Å². The zero-order valence-corrected chi connectivity index (χ0v) is 15.1. The van der Waals surface area contributed by atoms with Crippen LogP contribution in [0.15, 0.2) is 48.9 Å². The summed E-state index contributed by atoms with van der Waals surface area (Å²) >= 11 is 0. The van der Waals surface area contributed by atoms with E-state index in [1.54, 1.807) is 25.7 Å². The van der Waals surface area contributed by atoms with E-state index in [1.807, 2.05) is 30.3 Å². The minimum Gasteiger partial charge on any atom is -0.495 e. The number of para-hydroxylation sites is 2. The number of hydrogen-bond acceptors (Lipinski definition) is 6. The van der Waals surface area contributed by atoms with Gasteiger partial charge in [-0.25, -0.2) is 9.97 Å². The van der Waals surface area contributed by atoms with E-state index >= 15 is 0 Å². The van der Waals surface area contributed by atoms with Gasteiger partial charge >= 0.3 is 0 Å². The Bertz CT molecular complexity index is 962. The second kappa shape index (κ2) is 7.57. The predicted molar refractivity (Wildman–Crippen MR) is 104 cm³/mol. The maximum atomic E-state index is 12.8. The fourth-order valence-electron chi connectivity index (χ4n) is 3.43. The van der Waals surface area contributed by atoms with Gasteiger partial charge in [0.2, 0.25) is 5.91 Å². The Kier molecular flexibility index (Phi) is 4.82. The van der Waals surface area contributed by atoms with Gasteiger partial charge < -0.3 is 15.0 Å². The Morgan fingerprint density at radius 3 is 2.96 bits per heavy atom. The van der Waals surface area contributed by atoms with Gasteiger partial charge in [-0.15, -0.1) is 0 Å². The van der Waals surface area contributed by atoms with Gasteiger partial charge in [0.05, 0.1) is 30.6 Å². The van der Waals surface area contributed by atoms with Crippen molar-refractivity contribution in [1.82, 2.24) is 15.0 Å². The van der Waals surface area contributed by atoms with Crippen molar-refractivity contribution in [3.05, 3.63) is 48.9 Å². The van der Waals surface area contributed by atoms with Gasteiger partial charge in [0.25, 0.3) is 0 Å². The van der Waals surface area contributed by atoms with Crippen molar-refractivity contribution >= 4 is 28.4 Å². The lowest BCUT2D eigenvalue weighted by atomic mass is 9.96.